The normalized spacial score (nSPS) is 14.4. The number of benzene rings is 1. The van der Waals surface area contributed by atoms with Crippen molar-refractivity contribution in [2.24, 2.45) is 0 Å². The van der Waals surface area contributed by atoms with Gasteiger partial charge in [0, 0.05) is 17.5 Å². The van der Waals surface area contributed by atoms with E-state index in [1.807, 2.05) is 13.1 Å². The van der Waals surface area contributed by atoms with E-state index in [1.165, 1.54) is 42.4 Å². The maximum absolute atomic E-state index is 4.37. The fourth-order valence-corrected chi connectivity index (χ4v) is 2.55. The molecule has 1 heterocycles. The van der Waals surface area contributed by atoms with E-state index in [2.05, 4.69) is 35.3 Å². The minimum atomic E-state index is 1.08. The van der Waals surface area contributed by atoms with Crippen LogP contribution in [0.3, 0.4) is 0 Å². The summed E-state index contributed by atoms with van der Waals surface area (Å²) in [7, 11) is 0. The second-order valence-electron chi connectivity index (χ2n) is 4.88. The van der Waals surface area contributed by atoms with Crippen molar-refractivity contribution in [2.45, 2.75) is 32.6 Å². The minimum Gasteiger partial charge on any atom is -0.261 e. The average Bonchev–Trinajstić information content (AvgIpc) is 2.39. The fraction of sp³-hybridized carbons (Fsp3) is 0.312. The molecule has 3 rings (SSSR count). The van der Waals surface area contributed by atoms with E-state index in [-0.39, 0.29) is 0 Å². The van der Waals surface area contributed by atoms with Gasteiger partial charge in [-0.2, -0.15) is 0 Å². The Balaban J connectivity index is 2.01. The second kappa shape index (κ2) is 4.33. The highest BCUT2D eigenvalue weighted by molar-refractivity contribution is 5.64. The van der Waals surface area contributed by atoms with Crippen LogP contribution < -0.4 is 0 Å². The number of hydrogen-bond donors (Lipinski definition) is 0. The summed E-state index contributed by atoms with van der Waals surface area (Å²) in [6.45, 7) is 2.02. The number of aromatic nitrogens is 1. The van der Waals surface area contributed by atoms with Crippen LogP contribution in [0, 0.1) is 6.92 Å². The fourth-order valence-electron chi connectivity index (χ4n) is 2.55. The van der Waals surface area contributed by atoms with Crippen LogP contribution in [0.1, 0.15) is 29.7 Å². The van der Waals surface area contributed by atoms with Crippen LogP contribution in [0.2, 0.25) is 0 Å². The zero-order chi connectivity index (χ0) is 11.7. The highest BCUT2D eigenvalue weighted by Gasteiger charge is 2.10. The molecule has 0 saturated carbocycles. The number of hydrogen-bond acceptors (Lipinski definition) is 1. The number of rotatable bonds is 1. The molecule has 1 heteroatoms. The van der Waals surface area contributed by atoms with Gasteiger partial charge in [0.05, 0.1) is 0 Å². The van der Waals surface area contributed by atoms with E-state index in [1.54, 1.807) is 5.56 Å². The summed E-state index contributed by atoms with van der Waals surface area (Å²) >= 11 is 0. The summed E-state index contributed by atoms with van der Waals surface area (Å²) in [5.41, 5.74) is 6.68. The Labute approximate surface area is 103 Å². The zero-order valence-corrected chi connectivity index (χ0v) is 10.2. The van der Waals surface area contributed by atoms with Crippen molar-refractivity contribution >= 4 is 0 Å². The van der Waals surface area contributed by atoms with Gasteiger partial charge in [0.25, 0.3) is 0 Å². The molecule has 0 atom stereocenters. The van der Waals surface area contributed by atoms with E-state index in [9.17, 15) is 0 Å². The molecule has 17 heavy (non-hydrogen) atoms. The predicted octanol–water partition coefficient (Wildman–Crippen LogP) is 3.94. The lowest BCUT2D eigenvalue weighted by molar-refractivity contribution is 0.686. The van der Waals surface area contributed by atoms with Gasteiger partial charge < -0.3 is 0 Å². The highest BCUT2D eigenvalue weighted by Crippen LogP contribution is 2.27. The third kappa shape index (κ3) is 2.10. The van der Waals surface area contributed by atoms with E-state index < -0.39 is 0 Å². The molecule has 0 bridgehead atoms. The van der Waals surface area contributed by atoms with Crippen molar-refractivity contribution in [1.29, 1.82) is 0 Å². The molecule has 0 saturated heterocycles. The van der Waals surface area contributed by atoms with Crippen LogP contribution in [0.25, 0.3) is 11.1 Å². The number of nitrogens with zero attached hydrogens (tertiary/aromatic N) is 1. The standard InChI is InChI=1S/C16H17N/c1-12-6-7-16(11-17-12)15-9-8-13-4-2-3-5-14(13)10-15/h6-11H,2-5H2,1H3. The summed E-state index contributed by atoms with van der Waals surface area (Å²) in [6.07, 6.45) is 7.14. The Morgan fingerprint density at radius 1 is 0.882 bits per heavy atom. The number of aryl methyl sites for hydroxylation is 3. The van der Waals surface area contributed by atoms with Gasteiger partial charge >= 0.3 is 0 Å². The highest BCUT2D eigenvalue weighted by atomic mass is 14.7. The van der Waals surface area contributed by atoms with Crippen molar-refractivity contribution in [3.8, 4) is 11.1 Å². The second-order valence-corrected chi connectivity index (χ2v) is 4.88. The molecule has 0 spiro atoms. The molecule has 0 aliphatic heterocycles. The molecule has 2 aromatic rings. The van der Waals surface area contributed by atoms with E-state index in [0.717, 1.165) is 5.69 Å². The van der Waals surface area contributed by atoms with Crippen LogP contribution in [-0.4, -0.2) is 4.98 Å². The first-order valence-electron chi connectivity index (χ1n) is 6.38. The molecular weight excluding hydrogens is 206 g/mol. The minimum absolute atomic E-state index is 1.08. The summed E-state index contributed by atoms with van der Waals surface area (Å²) in [5.74, 6) is 0. The Bertz CT molecular complexity index is 526. The summed E-state index contributed by atoms with van der Waals surface area (Å²) in [4.78, 5) is 4.37. The van der Waals surface area contributed by atoms with Gasteiger partial charge in [0.15, 0.2) is 0 Å². The third-order valence-corrected chi connectivity index (χ3v) is 3.59. The Morgan fingerprint density at radius 3 is 2.41 bits per heavy atom. The Kier molecular flexibility index (Phi) is 2.68. The molecule has 1 aliphatic rings. The molecule has 0 amide bonds. The molecule has 0 N–H and O–H groups in total. The van der Waals surface area contributed by atoms with Gasteiger partial charge in [-0.3, -0.25) is 4.98 Å². The molecule has 0 unspecified atom stereocenters. The SMILES string of the molecule is Cc1ccc(-c2ccc3c(c2)CCCC3)cn1. The topological polar surface area (TPSA) is 12.9 Å². The molecule has 1 aliphatic carbocycles. The first kappa shape index (κ1) is 10.5. The first-order chi connectivity index (χ1) is 8.33. The molecule has 86 valence electrons. The predicted molar refractivity (Wildman–Crippen MR) is 71.1 cm³/mol. The summed E-state index contributed by atoms with van der Waals surface area (Å²) in [5, 5.41) is 0. The van der Waals surface area contributed by atoms with Gasteiger partial charge in [0.1, 0.15) is 0 Å². The largest absolute Gasteiger partial charge is 0.261 e. The van der Waals surface area contributed by atoms with Crippen molar-refractivity contribution in [3.05, 3.63) is 53.3 Å². The van der Waals surface area contributed by atoms with Crippen LogP contribution >= 0.6 is 0 Å². The van der Waals surface area contributed by atoms with Gasteiger partial charge in [-0.1, -0.05) is 24.3 Å². The van der Waals surface area contributed by atoms with Crippen molar-refractivity contribution in [1.82, 2.24) is 4.98 Å². The van der Waals surface area contributed by atoms with E-state index in [4.69, 9.17) is 0 Å². The average molecular weight is 223 g/mol. The zero-order valence-electron chi connectivity index (χ0n) is 10.2. The van der Waals surface area contributed by atoms with Crippen LogP contribution in [0.4, 0.5) is 0 Å². The van der Waals surface area contributed by atoms with E-state index in [0.29, 0.717) is 0 Å². The van der Waals surface area contributed by atoms with Crippen LogP contribution in [0.15, 0.2) is 36.5 Å². The maximum atomic E-state index is 4.37. The van der Waals surface area contributed by atoms with Crippen molar-refractivity contribution in [3.63, 3.8) is 0 Å². The third-order valence-electron chi connectivity index (χ3n) is 3.59. The quantitative estimate of drug-likeness (QED) is 0.713. The first-order valence-corrected chi connectivity index (χ1v) is 6.38. The molecule has 0 fully saturated rings. The van der Waals surface area contributed by atoms with Gasteiger partial charge in [-0.05, 0) is 55.4 Å². The molecule has 0 radical (unpaired) electrons. The van der Waals surface area contributed by atoms with E-state index >= 15 is 0 Å². The maximum Gasteiger partial charge on any atom is 0.0373 e. The van der Waals surface area contributed by atoms with Crippen molar-refractivity contribution in [2.75, 3.05) is 0 Å². The lowest BCUT2D eigenvalue weighted by Gasteiger charge is -2.16. The summed E-state index contributed by atoms with van der Waals surface area (Å²) in [6, 6.07) is 11.1. The smallest absolute Gasteiger partial charge is 0.0373 e. The number of fused-ring (bicyclic) bond motifs is 1. The molecule has 1 aromatic heterocycles. The molecule has 1 nitrogen and oxygen atoms in total. The van der Waals surface area contributed by atoms with Gasteiger partial charge in [0.2, 0.25) is 0 Å². The number of pyridine rings is 1. The lowest BCUT2D eigenvalue weighted by atomic mass is 9.89. The monoisotopic (exact) mass is 223 g/mol. The van der Waals surface area contributed by atoms with Crippen molar-refractivity contribution < 1.29 is 0 Å². The van der Waals surface area contributed by atoms with Gasteiger partial charge in [-0.25, -0.2) is 0 Å². The van der Waals surface area contributed by atoms with Gasteiger partial charge in [-0.15, -0.1) is 0 Å². The summed E-state index contributed by atoms with van der Waals surface area (Å²) < 4.78 is 0. The Morgan fingerprint density at radius 2 is 1.65 bits per heavy atom. The molecular formula is C16H17N. The van der Waals surface area contributed by atoms with Crippen LogP contribution in [-0.2, 0) is 12.8 Å². The lowest BCUT2D eigenvalue weighted by Crippen LogP contribution is -2.02. The molecule has 1 aromatic carbocycles. The van der Waals surface area contributed by atoms with Crippen LogP contribution in [0.5, 0.6) is 0 Å². The Hall–Kier alpha value is -1.63.